The van der Waals surface area contributed by atoms with Crippen molar-refractivity contribution in [2.24, 2.45) is 0 Å². The van der Waals surface area contributed by atoms with Crippen molar-refractivity contribution in [3.63, 3.8) is 0 Å². The summed E-state index contributed by atoms with van der Waals surface area (Å²) >= 11 is 0. The average molecular weight is 397 g/mol. The maximum Gasteiger partial charge on any atom is 0.256 e. The molecule has 1 heterocycles. The summed E-state index contributed by atoms with van der Waals surface area (Å²) in [6.07, 6.45) is 2.06. The third-order valence-corrected chi connectivity index (χ3v) is 5.67. The number of aliphatic hydroxyl groups is 1. The van der Waals surface area contributed by atoms with Gasteiger partial charge in [0.25, 0.3) is 5.91 Å². The van der Waals surface area contributed by atoms with Crippen molar-refractivity contribution in [1.82, 2.24) is 10.2 Å². The molecular weight excluding hydrogens is 364 g/mol. The minimum absolute atomic E-state index is 0.186. The molecule has 1 atom stereocenters. The molecule has 1 aliphatic heterocycles. The highest BCUT2D eigenvalue weighted by atomic mass is 16.3. The van der Waals surface area contributed by atoms with E-state index in [9.17, 15) is 15.0 Å². The number of hydrogen-bond donors (Lipinski definition) is 3. The Balaban J connectivity index is 1.52. The highest BCUT2D eigenvalue weighted by Gasteiger charge is 2.41. The van der Waals surface area contributed by atoms with Crippen LogP contribution in [0.4, 0.5) is 0 Å². The Bertz CT molecular complexity index is 802. The lowest BCUT2D eigenvalue weighted by Crippen LogP contribution is -2.57. The summed E-state index contributed by atoms with van der Waals surface area (Å²) in [6.45, 7) is 6.47. The number of nitrogens with one attached hydrogen (secondary N) is 1. The minimum Gasteiger partial charge on any atom is -0.508 e. The predicted octanol–water partition coefficient (Wildman–Crippen LogP) is 3.20. The number of rotatable bonds is 8. The summed E-state index contributed by atoms with van der Waals surface area (Å²) in [6, 6.07) is 15.5. The second kappa shape index (κ2) is 9.42. The zero-order valence-electron chi connectivity index (χ0n) is 17.4. The summed E-state index contributed by atoms with van der Waals surface area (Å²) in [5, 5.41) is 23.5. The molecule has 3 N–H and O–H groups in total. The molecule has 1 aliphatic rings. The Morgan fingerprint density at radius 2 is 1.72 bits per heavy atom. The SMILES string of the molecule is CC(C)c1ccc(CN2CCC[C@@](O)(CNCCc3ccc(O)cc3)C2=O)cc1. The van der Waals surface area contributed by atoms with E-state index in [-0.39, 0.29) is 18.2 Å². The number of phenols is 1. The smallest absolute Gasteiger partial charge is 0.256 e. The van der Waals surface area contributed by atoms with Crippen molar-refractivity contribution >= 4 is 5.91 Å². The van der Waals surface area contributed by atoms with Crippen molar-refractivity contribution < 1.29 is 15.0 Å². The van der Waals surface area contributed by atoms with Crippen molar-refractivity contribution in [2.45, 2.75) is 51.2 Å². The first-order valence-corrected chi connectivity index (χ1v) is 10.5. The van der Waals surface area contributed by atoms with Gasteiger partial charge in [0.2, 0.25) is 0 Å². The second-order valence-electron chi connectivity index (χ2n) is 8.35. The summed E-state index contributed by atoms with van der Waals surface area (Å²) in [5.74, 6) is 0.551. The van der Waals surface area contributed by atoms with Gasteiger partial charge in [0.05, 0.1) is 0 Å². The Labute approximate surface area is 173 Å². The van der Waals surface area contributed by atoms with E-state index in [2.05, 4.69) is 43.4 Å². The van der Waals surface area contributed by atoms with E-state index in [4.69, 9.17) is 0 Å². The number of benzene rings is 2. The first kappa shape index (κ1) is 21.3. The molecule has 0 radical (unpaired) electrons. The Morgan fingerprint density at radius 3 is 2.38 bits per heavy atom. The summed E-state index contributed by atoms with van der Waals surface area (Å²) in [4.78, 5) is 14.7. The van der Waals surface area contributed by atoms with Crippen LogP contribution >= 0.6 is 0 Å². The predicted molar refractivity (Wildman–Crippen MR) is 115 cm³/mol. The van der Waals surface area contributed by atoms with Gasteiger partial charge in [-0.3, -0.25) is 4.79 Å². The van der Waals surface area contributed by atoms with Gasteiger partial charge in [-0.1, -0.05) is 50.2 Å². The standard InChI is InChI=1S/C24H32N2O3/c1-18(2)21-8-4-20(5-9-21)16-26-15-3-13-24(29,23(26)28)17-25-14-12-19-6-10-22(27)11-7-19/h4-11,18,25,27,29H,3,12-17H2,1-2H3/t24-/m1/s1. The van der Waals surface area contributed by atoms with E-state index in [1.54, 1.807) is 17.0 Å². The third-order valence-electron chi connectivity index (χ3n) is 5.67. The van der Waals surface area contributed by atoms with Crippen LogP contribution in [0.1, 0.15) is 49.3 Å². The molecule has 0 unspecified atom stereocenters. The van der Waals surface area contributed by atoms with E-state index < -0.39 is 5.60 Å². The molecule has 1 fully saturated rings. The number of hydrogen-bond acceptors (Lipinski definition) is 4. The number of likely N-dealkylation sites (tertiary alicyclic amines) is 1. The van der Waals surface area contributed by atoms with E-state index in [1.165, 1.54) is 5.56 Å². The van der Waals surface area contributed by atoms with Gasteiger partial charge in [-0.25, -0.2) is 0 Å². The number of nitrogens with zero attached hydrogens (tertiary/aromatic N) is 1. The molecule has 5 nitrogen and oxygen atoms in total. The molecule has 3 rings (SSSR count). The minimum atomic E-state index is -1.34. The lowest BCUT2D eigenvalue weighted by Gasteiger charge is -2.38. The van der Waals surface area contributed by atoms with Crippen LogP contribution in [0.3, 0.4) is 0 Å². The fraction of sp³-hybridized carbons (Fsp3) is 0.458. The number of aromatic hydroxyl groups is 1. The lowest BCUT2D eigenvalue weighted by molar-refractivity contribution is -0.157. The molecular formula is C24H32N2O3. The largest absolute Gasteiger partial charge is 0.508 e. The normalized spacial score (nSPS) is 19.7. The average Bonchev–Trinajstić information content (AvgIpc) is 2.71. The first-order valence-electron chi connectivity index (χ1n) is 10.5. The molecule has 0 saturated carbocycles. The molecule has 29 heavy (non-hydrogen) atoms. The van der Waals surface area contributed by atoms with Gasteiger partial charge in [0, 0.05) is 19.6 Å². The van der Waals surface area contributed by atoms with Gasteiger partial charge in [0.15, 0.2) is 5.60 Å². The lowest BCUT2D eigenvalue weighted by atomic mass is 9.91. The number of carbonyl (C=O) groups excluding carboxylic acids is 1. The van der Waals surface area contributed by atoms with E-state index in [1.807, 2.05) is 12.1 Å². The third kappa shape index (κ3) is 5.58. The Morgan fingerprint density at radius 1 is 1.07 bits per heavy atom. The zero-order chi connectivity index (χ0) is 20.9. The van der Waals surface area contributed by atoms with Gasteiger partial charge in [-0.05, 0) is 60.5 Å². The van der Waals surface area contributed by atoms with Crippen LogP contribution in [0, 0.1) is 0 Å². The number of carbonyl (C=O) groups is 1. The van der Waals surface area contributed by atoms with Crippen LogP contribution in [0.15, 0.2) is 48.5 Å². The zero-order valence-corrected chi connectivity index (χ0v) is 17.4. The topological polar surface area (TPSA) is 72.8 Å². The summed E-state index contributed by atoms with van der Waals surface area (Å²) < 4.78 is 0. The van der Waals surface area contributed by atoms with Crippen LogP contribution in [-0.2, 0) is 17.8 Å². The van der Waals surface area contributed by atoms with Gasteiger partial charge < -0.3 is 20.4 Å². The van der Waals surface area contributed by atoms with Crippen LogP contribution < -0.4 is 5.32 Å². The fourth-order valence-electron chi connectivity index (χ4n) is 3.80. The number of piperidine rings is 1. The van der Waals surface area contributed by atoms with E-state index in [0.29, 0.717) is 32.0 Å². The second-order valence-corrected chi connectivity index (χ2v) is 8.35. The maximum atomic E-state index is 12.9. The molecule has 0 aromatic heterocycles. The quantitative estimate of drug-likeness (QED) is 0.599. The van der Waals surface area contributed by atoms with Crippen LogP contribution in [0.2, 0.25) is 0 Å². The van der Waals surface area contributed by atoms with Crippen LogP contribution in [0.25, 0.3) is 0 Å². The molecule has 0 bridgehead atoms. The molecule has 1 saturated heterocycles. The summed E-state index contributed by atoms with van der Waals surface area (Å²) in [5.41, 5.74) is 2.13. The van der Waals surface area contributed by atoms with Crippen molar-refractivity contribution in [3.8, 4) is 5.75 Å². The Kier molecular flexibility index (Phi) is 6.93. The van der Waals surface area contributed by atoms with Crippen LogP contribution in [-0.4, -0.2) is 46.3 Å². The Hall–Kier alpha value is -2.37. The highest BCUT2D eigenvalue weighted by Crippen LogP contribution is 2.24. The number of phenolic OH excluding ortho intramolecular Hbond substituents is 1. The first-order chi connectivity index (χ1) is 13.9. The van der Waals surface area contributed by atoms with Gasteiger partial charge >= 0.3 is 0 Å². The van der Waals surface area contributed by atoms with E-state index in [0.717, 1.165) is 24.0 Å². The summed E-state index contributed by atoms with van der Waals surface area (Å²) in [7, 11) is 0. The van der Waals surface area contributed by atoms with Gasteiger partial charge in [-0.2, -0.15) is 0 Å². The molecule has 0 aliphatic carbocycles. The van der Waals surface area contributed by atoms with Crippen molar-refractivity contribution in [1.29, 1.82) is 0 Å². The fourth-order valence-corrected chi connectivity index (χ4v) is 3.80. The highest BCUT2D eigenvalue weighted by molar-refractivity contribution is 5.86. The van der Waals surface area contributed by atoms with Crippen molar-refractivity contribution in [2.75, 3.05) is 19.6 Å². The van der Waals surface area contributed by atoms with E-state index >= 15 is 0 Å². The molecule has 0 spiro atoms. The number of amides is 1. The van der Waals surface area contributed by atoms with Gasteiger partial charge in [0.1, 0.15) is 5.75 Å². The van der Waals surface area contributed by atoms with Gasteiger partial charge in [-0.15, -0.1) is 0 Å². The molecule has 2 aromatic carbocycles. The molecule has 156 valence electrons. The molecule has 5 heteroatoms. The monoisotopic (exact) mass is 396 g/mol. The molecule has 2 aromatic rings. The van der Waals surface area contributed by atoms with Crippen LogP contribution in [0.5, 0.6) is 5.75 Å². The van der Waals surface area contributed by atoms with Crippen molar-refractivity contribution in [3.05, 3.63) is 65.2 Å². The molecule has 1 amide bonds. The maximum absolute atomic E-state index is 12.9.